The Balaban J connectivity index is 2.18. The Hall–Kier alpha value is -3.06. The number of ketones is 1. The van der Waals surface area contributed by atoms with E-state index in [0.29, 0.717) is 33.5 Å². The van der Waals surface area contributed by atoms with Gasteiger partial charge in [-0.25, -0.2) is 0 Å². The number of hydrogen-bond donors (Lipinski definition) is 1. The number of hydrogen-bond acceptors (Lipinski definition) is 5. The summed E-state index contributed by atoms with van der Waals surface area (Å²) in [6, 6.07) is 12.4. The summed E-state index contributed by atoms with van der Waals surface area (Å²) < 4.78 is 16.4. The van der Waals surface area contributed by atoms with Crippen LogP contribution < -0.4 is 19.5 Å². The van der Waals surface area contributed by atoms with Crippen molar-refractivity contribution in [2.75, 3.05) is 28.4 Å². The van der Waals surface area contributed by atoms with Crippen LogP contribution in [0.2, 0.25) is 0 Å². The third-order valence-electron chi connectivity index (χ3n) is 5.06. The van der Waals surface area contributed by atoms with Crippen molar-refractivity contribution in [3.05, 3.63) is 64.9 Å². The van der Waals surface area contributed by atoms with Crippen LogP contribution in [0.3, 0.4) is 0 Å². The number of carbonyl (C=O) groups excluding carboxylic acids is 1. The highest BCUT2D eigenvalue weighted by Gasteiger charge is 2.34. The first-order chi connectivity index (χ1) is 13.9. The Bertz CT molecular complexity index is 947. The van der Waals surface area contributed by atoms with Crippen LogP contribution in [0.4, 0.5) is 0 Å². The van der Waals surface area contributed by atoms with Gasteiger partial charge in [0.25, 0.3) is 0 Å². The standard InChI is InChI=1S/C22H24N2O4S/c1-13-18(20(25)14-9-7-6-8-10-14)19(23-22(29)24(13)2)15-11-16(26-3)21(28-5)17(12-15)27-4/h6-12,19H,1-5H3,(H,23,29). The molecule has 0 bridgehead atoms. The molecule has 1 N–H and O–H groups in total. The zero-order chi connectivity index (χ0) is 21.1. The average Bonchev–Trinajstić information content (AvgIpc) is 2.76. The van der Waals surface area contributed by atoms with Gasteiger partial charge in [-0.3, -0.25) is 4.79 Å². The van der Waals surface area contributed by atoms with E-state index in [2.05, 4.69) is 5.32 Å². The highest BCUT2D eigenvalue weighted by atomic mass is 32.1. The first-order valence-corrected chi connectivity index (χ1v) is 9.48. The van der Waals surface area contributed by atoms with E-state index in [0.717, 1.165) is 11.3 Å². The number of rotatable bonds is 6. The molecule has 0 radical (unpaired) electrons. The lowest BCUT2D eigenvalue weighted by molar-refractivity contribution is 0.102. The quantitative estimate of drug-likeness (QED) is 0.573. The van der Waals surface area contributed by atoms with Crippen molar-refractivity contribution in [1.82, 2.24) is 10.2 Å². The maximum Gasteiger partial charge on any atom is 0.203 e. The van der Waals surface area contributed by atoms with Gasteiger partial charge < -0.3 is 24.4 Å². The molecule has 1 aliphatic heterocycles. The summed E-state index contributed by atoms with van der Waals surface area (Å²) in [5.74, 6) is 1.45. The van der Waals surface area contributed by atoms with Crippen LogP contribution in [0.25, 0.3) is 0 Å². The van der Waals surface area contributed by atoms with Gasteiger partial charge >= 0.3 is 0 Å². The molecule has 1 atom stereocenters. The van der Waals surface area contributed by atoms with E-state index >= 15 is 0 Å². The van der Waals surface area contributed by atoms with Gasteiger partial charge in [0.1, 0.15) is 0 Å². The number of ether oxygens (including phenoxy) is 3. The van der Waals surface area contributed by atoms with Crippen LogP contribution in [-0.2, 0) is 0 Å². The van der Waals surface area contributed by atoms with Crippen LogP contribution >= 0.6 is 12.2 Å². The molecule has 2 aromatic rings. The number of benzene rings is 2. The van der Waals surface area contributed by atoms with Crippen molar-refractivity contribution >= 4 is 23.1 Å². The minimum Gasteiger partial charge on any atom is -0.493 e. The monoisotopic (exact) mass is 412 g/mol. The third-order valence-corrected chi connectivity index (χ3v) is 5.45. The molecule has 1 unspecified atom stereocenters. The van der Waals surface area contributed by atoms with E-state index in [1.54, 1.807) is 26.2 Å². The maximum atomic E-state index is 13.4. The molecule has 0 aromatic heterocycles. The lowest BCUT2D eigenvalue weighted by atomic mass is 9.89. The van der Waals surface area contributed by atoms with Crippen molar-refractivity contribution in [2.45, 2.75) is 13.0 Å². The molecule has 0 amide bonds. The summed E-state index contributed by atoms with van der Waals surface area (Å²) in [6.45, 7) is 1.90. The van der Waals surface area contributed by atoms with Crippen molar-refractivity contribution in [1.29, 1.82) is 0 Å². The fourth-order valence-electron chi connectivity index (χ4n) is 3.39. The minimum absolute atomic E-state index is 0.0660. The second kappa shape index (κ2) is 8.53. The molecule has 0 fully saturated rings. The molecular formula is C22H24N2O4S. The second-order valence-electron chi connectivity index (χ2n) is 6.59. The fraction of sp³-hybridized carbons (Fsp3) is 0.273. The predicted octanol–water partition coefficient (Wildman–Crippen LogP) is 3.73. The van der Waals surface area contributed by atoms with Crippen molar-refractivity contribution in [3.8, 4) is 17.2 Å². The molecule has 0 spiro atoms. The summed E-state index contributed by atoms with van der Waals surface area (Å²) in [7, 11) is 6.52. The molecule has 3 rings (SSSR count). The topological polar surface area (TPSA) is 60.0 Å². The summed E-state index contributed by atoms with van der Waals surface area (Å²) in [5.41, 5.74) is 2.80. The number of methoxy groups -OCH3 is 3. The minimum atomic E-state index is -0.458. The van der Waals surface area contributed by atoms with E-state index in [1.165, 1.54) is 0 Å². The number of thiocarbonyl (C=S) groups is 1. The Kier molecular flexibility index (Phi) is 6.08. The molecule has 6 nitrogen and oxygen atoms in total. The van der Waals surface area contributed by atoms with Gasteiger partial charge in [0.05, 0.1) is 27.4 Å². The fourth-order valence-corrected chi connectivity index (χ4v) is 3.65. The molecule has 0 saturated heterocycles. The molecule has 2 aromatic carbocycles. The molecular weight excluding hydrogens is 388 g/mol. The predicted molar refractivity (Wildman–Crippen MR) is 116 cm³/mol. The van der Waals surface area contributed by atoms with Gasteiger partial charge in [0.2, 0.25) is 5.75 Å². The average molecular weight is 413 g/mol. The molecule has 1 heterocycles. The van der Waals surface area contributed by atoms with Crippen LogP contribution in [0.5, 0.6) is 17.2 Å². The van der Waals surface area contributed by atoms with E-state index in [1.807, 2.05) is 56.4 Å². The van der Waals surface area contributed by atoms with Crippen molar-refractivity contribution in [2.24, 2.45) is 0 Å². The van der Waals surface area contributed by atoms with Gasteiger partial charge in [-0.05, 0) is 36.8 Å². The Morgan fingerprint density at radius 1 is 1.03 bits per heavy atom. The van der Waals surface area contributed by atoms with Gasteiger partial charge in [-0.1, -0.05) is 30.3 Å². The zero-order valence-corrected chi connectivity index (χ0v) is 17.9. The van der Waals surface area contributed by atoms with Crippen LogP contribution in [0, 0.1) is 0 Å². The van der Waals surface area contributed by atoms with Crippen molar-refractivity contribution < 1.29 is 19.0 Å². The molecule has 7 heteroatoms. The molecule has 1 aliphatic rings. The normalized spacial score (nSPS) is 16.4. The SMILES string of the molecule is COc1cc(C2NC(=S)N(C)C(C)=C2C(=O)c2ccccc2)cc(OC)c1OC. The summed E-state index contributed by atoms with van der Waals surface area (Å²) in [5, 5.41) is 3.81. The summed E-state index contributed by atoms with van der Waals surface area (Å²) in [4.78, 5) is 15.2. The first kappa shape index (κ1) is 20.7. The van der Waals surface area contributed by atoms with Crippen LogP contribution in [0.1, 0.15) is 28.9 Å². The zero-order valence-electron chi connectivity index (χ0n) is 17.1. The number of carbonyl (C=O) groups is 1. The van der Waals surface area contributed by atoms with Gasteiger partial charge in [0, 0.05) is 23.9 Å². The van der Waals surface area contributed by atoms with E-state index < -0.39 is 6.04 Å². The van der Waals surface area contributed by atoms with Crippen molar-refractivity contribution in [3.63, 3.8) is 0 Å². The molecule has 0 aliphatic carbocycles. The Labute approximate surface area is 176 Å². The Morgan fingerprint density at radius 2 is 1.62 bits per heavy atom. The molecule has 29 heavy (non-hydrogen) atoms. The number of allylic oxidation sites excluding steroid dienone is 1. The van der Waals surface area contributed by atoms with Gasteiger partial charge in [0.15, 0.2) is 22.4 Å². The number of Topliss-reactive ketones (excluding diaryl/α,β-unsaturated/α-hetero) is 1. The van der Waals surface area contributed by atoms with Crippen LogP contribution in [-0.4, -0.2) is 44.2 Å². The molecule has 152 valence electrons. The van der Waals surface area contributed by atoms with E-state index in [9.17, 15) is 4.79 Å². The van der Waals surface area contributed by atoms with Gasteiger partial charge in [-0.2, -0.15) is 0 Å². The summed E-state index contributed by atoms with van der Waals surface area (Å²) in [6.07, 6.45) is 0. The highest BCUT2D eigenvalue weighted by molar-refractivity contribution is 7.80. The Morgan fingerprint density at radius 3 is 2.14 bits per heavy atom. The summed E-state index contributed by atoms with van der Waals surface area (Å²) >= 11 is 5.49. The lowest BCUT2D eigenvalue weighted by Crippen LogP contribution is -2.45. The molecule has 0 saturated carbocycles. The number of nitrogens with one attached hydrogen (secondary N) is 1. The third kappa shape index (κ3) is 3.78. The lowest BCUT2D eigenvalue weighted by Gasteiger charge is -2.36. The van der Waals surface area contributed by atoms with E-state index in [-0.39, 0.29) is 5.78 Å². The van der Waals surface area contributed by atoms with E-state index in [4.69, 9.17) is 26.4 Å². The number of nitrogens with zero attached hydrogens (tertiary/aromatic N) is 1. The second-order valence-corrected chi connectivity index (χ2v) is 6.98. The smallest absolute Gasteiger partial charge is 0.203 e. The first-order valence-electron chi connectivity index (χ1n) is 9.07. The van der Waals surface area contributed by atoms with Gasteiger partial charge in [-0.15, -0.1) is 0 Å². The van der Waals surface area contributed by atoms with Crippen LogP contribution in [0.15, 0.2) is 53.7 Å². The largest absolute Gasteiger partial charge is 0.493 e. The maximum absolute atomic E-state index is 13.4. The highest BCUT2D eigenvalue weighted by Crippen LogP contribution is 2.42.